The van der Waals surface area contributed by atoms with Crippen LogP contribution < -0.4 is 10.6 Å². The van der Waals surface area contributed by atoms with Crippen molar-refractivity contribution < 1.29 is 13.2 Å². The van der Waals surface area contributed by atoms with Crippen molar-refractivity contribution in [2.24, 2.45) is 10.9 Å². The van der Waals surface area contributed by atoms with E-state index in [1.807, 2.05) is 0 Å². The van der Waals surface area contributed by atoms with Gasteiger partial charge in [0.2, 0.25) is 0 Å². The van der Waals surface area contributed by atoms with Crippen molar-refractivity contribution in [1.29, 1.82) is 0 Å². The van der Waals surface area contributed by atoms with Crippen molar-refractivity contribution in [3.8, 4) is 0 Å². The molecule has 0 bridgehead atoms. The van der Waals surface area contributed by atoms with Gasteiger partial charge >= 0.3 is 6.18 Å². The third-order valence-corrected chi connectivity index (χ3v) is 5.39. The Morgan fingerprint density at radius 2 is 1.64 bits per heavy atom. The number of halogens is 3. The van der Waals surface area contributed by atoms with Gasteiger partial charge in [0.25, 0.3) is 0 Å². The van der Waals surface area contributed by atoms with Gasteiger partial charge in [-0.3, -0.25) is 14.8 Å². The van der Waals surface area contributed by atoms with Crippen molar-refractivity contribution in [2.75, 3.05) is 46.3 Å². The van der Waals surface area contributed by atoms with Crippen LogP contribution in [-0.2, 0) is 0 Å². The van der Waals surface area contributed by atoms with Gasteiger partial charge in [0.05, 0.1) is 6.54 Å². The number of guanidine groups is 1. The smallest absolute Gasteiger partial charge is 0.356 e. The highest BCUT2D eigenvalue weighted by Gasteiger charge is 2.32. The maximum absolute atomic E-state index is 12.4. The lowest BCUT2D eigenvalue weighted by atomic mass is 9.93. The van der Waals surface area contributed by atoms with Crippen LogP contribution in [0.3, 0.4) is 0 Å². The van der Waals surface area contributed by atoms with Crippen LogP contribution in [0.4, 0.5) is 13.2 Å². The molecule has 0 amide bonds. The lowest BCUT2D eigenvalue weighted by Crippen LogP contribution is -2.42. The number of rotatable bonds is 10. The summed E-state index contributed by atoms with van der Waals surface area (Å²) in [5, 5.41) is 6.68. The van der Waals surface area contributed by atoms with Gasteiger partial charge in [-0.25, -0.2) is 0 Å². The Balaban J connectivity index is 2.17. The fourth-order valence-corrected chi connectivity index (χ4v) is 3.88. The summed E-state index contributed by atoms with van der Waals surface area (Å²) in [7, 11) is 1.76. The third-order valence-electron chi connectivity index (χ3n) is 5.39. The normalized spacial score (nSPS) is 17.8. The minimum Gasteiger partial charge on any atom is -0.356 e. The summed E-state index contributed by atoms with van der Waals surface area (Å²) in [6, 6.07) is 1.08. The molecule has 0 unspecified atom stereocenters. The van der Waals surface area contributed by atoms with Crippen molar-refractivity contribution in [2.45, 2.75) is 71.6 Å². The second kappa shape index (κ2) is 12.5. The van der Waals surface area contributed by atoms with E-state index in [0.29, 0.717) is 31.1 Å². The molecular formula is C20H40F3N5. The van der Waals surface area contributed by atoms with E-state index >= 15 is 0 Å². The Kier molecular flexibility index (Phi) is 11.2. The average Bonchev–Trinajstić information content (AvgIpc) is 2.59. The second-order valence-corrected chi connectivity index (χ2v) is 8.33. The first-order chi connectivity index (χ1) is 13.1. The van der Waals surface area contributed by atoms with Crippen LogP contribution in [0.25, 0.3) is 0 Å². The lowest BCUT2D eigenvalue weighted by Gasteiger charge is -2.32. The van der Waals surface area contributed by atoms with E-state index < -0.39 is 12.7 Å². The topological polar surface area (TPSA) is 42.9 Å². The Morgan fingerprint density at radius 1 is 1.07 bits per heavy atom. The van der Waals surface area contributed by atoms with E-state index in [4.69, 9.17) is 0 Å². The van der Waals surface area contributed by atoms with E-state index in [-0.39, 0.29) is 0 Å². The molecule has 1 aliphatic rings. The minimum absolute atomic E-state index is 0.487. The number of likely N-dealkylation sites (tertiary alicyclic amines) is 1. The summed E-state index contributed by atoms with van der Waals surface area (Å²) in [5.41, 5.74) is 0. The van der Waals surface area contributed by atoms with Gasteiger partial charge in [0, 0.05) is 38.8 Å². The summed E-state index contributed by atoms with van der Waals surface area (Å²) >= 11 is 0. The molecule has 166 valence electrons. The van der Waals surface area contributed by atoms with Crippen molar-refractivity contribution >= 4 is 5.96 Å². The average molecular weight is 408 g/mol. The molecule has 0 spiro atoms. The highest BCUT2D eigenvalue weighted by atomic mass is 19.4. The van der Waals surface area contributed by atoms with Crippen LogP contribution in [0, 0.1) is 5.92 Å². The van der Waals surface area contributed by atoms with Gasteiger partial charge in [0.15, 0.2) is 5.96 Å². The zero-order valence-corrected chi connectivity index (χ0v) is 18.3. The molecule has 0 saturated carbocycles. The van der Waals surface area contributed by atoms with E-state index in [0.717, 1.165) is 51.3 Å². The van der Waals surface area contributed by atoms with Crippen molar-refractivity contribution in [3.05, 3.63) is 0 Å². The number of aliphatic imine (C=N–C) groups is 1. The summed E-state index contributed by atoms with van der Waals surface area (Å²) in [5.74, 6) is 1.29. The van der Waals surface area contributed by atoms with Crippen LogP contribution in [0.1, 0.15) is 53.4 Å². The molecule has 8 heteroatoms. The Bertz CT molecular complexity index is 436. The Morgan fingerprint density at radius 3 is 2.14 bits per heavy atom. The summed E-state index contributed by atoms with van der Waals surface area (Å²) in [6.45, 7) is 11.9. The SMILES string of the molecule is CN=C(NCCCN(C(C)C)C(C)C)NCCC1CCN(CC(F)(F)F)CC1. The van der Waals surface area contributed by atoms with Gasteiger partial charge in [-0.1, -0.05) is 0 Å². The number of nitrogens with one attached hydrogen (secondary N) is 2. The first-order valence-electron chi connectivity index (χ1n) is 10.6. The summed E-state index contributed by atoms with van der Waals surface area (Å²) in [4.78, 5) is 8.25. The molecule has 1 saturated heterocycles. The number of alkyl halides is 3. The molecule has 0 aliphatic carbocycles. The standard InChI is InChI=1S/C20H40F3N5/c1-16(2)28(17(3)4)12-6-10-25-19(24-5)26-11-7-18-8-13-27(14-9-18)15-20(21,22)23/h16-18H,6-15H2,1-5H3,(H2,24,25,26). The van der Waals surface area contributed by atoms with Crippen LogP contribution in [0.2, 0.25) is 0 Å². The minimum atomic E-state index is -4.09. The van der Waals surface area contributed by atoms with Crippen molar-refractivity contribution in [3.63, 3.8) is 0 Å². The zero-order valence-electron chi connectivity index (χ0n) is 18.3. The molecule has 1 heterocycles. The van der Waals surface area contributed by atoms with Gasteiger partial charge in [-0.15, -0.1) is 0 Å². The Labute approximate surface area is 169 Å². The van der Waals surface area contributed by atoms with Gasteiger partial charge in [-0.05, 0) is 72.4 Å². The fraction of sp³-hybridized carbons (Fsp3) is 0.950. The monoisotopic (exact) mass is 407 g/mol. The molecule has 5 nitrogen and oxygen atoms in total. The van der Waals surface area contributed by atoms with Crippen LogP contribution in [0.5, 0.6) is 0 Å². The molecule has 1 fully saturated rings. The van der Waals surface area contributed by atoms with Gasteiger partial charge in [-0.2, -0.15) is 13.2 Å². The number of nitrogens with zero attached hydrogens (tertiary/aromatic N) is 3. The Hall–Kier alpha value is -1.02. The first kappa shape index (κ1) is 25.0. The van der Waals surface area contributed by atoms with E-state index in [1.54, 1.807) is 7.05 Å². The van der Waals surface area contributed by atoms with Gasteiger partial charge in [0.1, 0.15) is 0 Å². The van der Waals surface area contributed by atoms with Crippen LogP contribution >= 0.6 is 0 Å². The van der Waals surface area contributed by atoms with Crippen LogP contribution in [-0.4, -0.2) is 80.3 Å². The number of hydrogen-bond acceptors (Lipinski definition) is 3. The maximum atomic E-state index is 12.4. The largest absolute Gasteiger partial charge is 0.401 e. The molecule has 0 aromatic heterocycles. The third kappa shape index (κ3) is 10.5. The second-order valence-electron chi connectivity index (χ2n) is 8.33. The summed E-state index contributed by atoms with van der Waals surface area (Å²) in [6.07, 6.45) is -0.397. The number of hydrogen-bond donors (Lipinski definition) is 2. The maximum Gasteiger partial charge on any atom is 0.401 e. The molecule has 1 aliphatic heterocycles. The van der Waals surface area contributed by atoms with Crippen LogP contribution in [0.15, 0.2) is 4.99 Å². The fourth-order valence-electron chi connectivity index (χ4n) is 3.88. The zero-order chi connectivity index (χ0) is 21.2. The first-order valence-corrected chi connectivity index (χ1v) is 10.6. The molecule has 1 rings (SSSR count). The van der Waals surface area contributed by atoms with E-state index in [1.165, 1.54) is 4.90 Å². The van der Waals surface area contributed by atoms with Gasteiger partial charge < -0.3 is 10.6 Å². The molecule has 28 heavy (non-hydrogen) atoms. The highest BCUT2D eigenvalue weighted by Crippen LogP contribution is 2.23. The molecule has 0 aromatic rings. The predicted octanol–water partition coefficient (Wildman–Crippen LogP) is 3.32. The molecule has 0 aromatic carbocycles. The lowest BCUT2D eigenvalue weighted by molar-refractivity contribution is -0.148. The molecule has 0 radical (unpaired) electrons. The quantitative estimate of drug-likeness (QED) is 0.331. The van der Waals surface area contributed by atoms with Crippen molar-refractivity contribution in [1.82, 2.24) is 20.4 Å². The molecule has 2 N–H and O–H groups in total. The number of piperidine rings is 1. The summed E-state index contributed by atoms with van der Waals surface area (Å²) < 4.78 is 37.3. The molecule has 0 atom stereocenters. The van der Waals surface area contributed by atoms with E-state index in [2.05, 4.69) is 48.2 Å². The predicted molar refractivity (Wildman–Crippen MR) is 111 cm³/mol. The van der Waals surface area contributed by atoms with E-state index in [9.17, 15) is 13.2 Å². The highest BCUT2D eigenvalue weighted by molar-refractivity contribution is 5.79. The molecular weight excluding hydrogens is 367 g/mol.